The predicted octanol–water partition coefficient (Wildman–Crippen LogP) is 2.01. The average Bonchev–Trinajstić information content (AvgIpc) is 2.08. The molecule has 0 fully saturated rings. The van der Waals surface area contributed by atoms with Gasteiger partial charge in [0.1, 0.15) is 0 Å². The lowest BCUT2D eigenvalue weighted by atomic mass is 9.92. The third-order valence-electron chi connectivity index (χ3n) is 1.52. The van der Waals surface area contributed by atoms with Crippen LogP contribution in [-0.4, -0.2) is 9.78 Å². The van der Waals surface area contributed by atoms with Crippen LogP contribution >= 0.6 is 12.6 Å². The standard InChI is InChI=1S/C8H14N2S/c1-8(2,3)7-6(11)5-10(4)9-7/h5,11H,1-4H3. The Hall–Kier alpha value is -0.440. The first-order chi connectivity index (χ1) is 4.91. The Morgan fingerprint density at radius 1 is 1.45 bits per heavy atom. The highest BCUT2D eigenvalue weighted by Gasteiger charge is 2.19. The minimum absolute atomic E-state index is 0.0956. The van der Waals surface area contributed by atoms with Crippen LogP contribution in [0.25, 0.3) is 0 Å². The van der Waals surface area contributed by atoms with E-state index in [2.05, 4.69) is 38.5 Å². The molecule has 1 aromatic heterocycles. The van der Waals surface area contributed by atoms with Crippen LogP contribution in [0, 0.1) is 0 Å². The minimum atomic E-state index is 0.0956. The zero-order valence-corrected chi connectivity index (χ0v) is 8.31. The van der Waals surface area contributed by atoms with E-state index in [0.29, 0.717) is 0 Å². The third kappa shape index (κ3) is 1.77. The Morgan fingerprint density at radius 3 is 2.18 bits per heavy atom. The summed E-state index contributed by atoms with van der Waals surface area (Å²) in [7, 11) is 1.91. The van der Waals surface area contributed by atoms with Crippen molar-refractivity contribution in [2.45, 2.75) is 31.1 Å². The van der Waals surface area contributed by atoms with Crippen molar-refractivity contribution < 1.29 is 0 Å². The van der Waals surface area contributed by atoms with Gasteiger partial charge in [-0.15, -0.1) is 12.6 Å². The van der Waals surface area contributed by atoms with Crippen molar-refractivity contribution in [3.63, 3.8) is 0 Å². The molecule has 1 aromatic rings. The number of hydrogen-bond acceptors (Lipinski definition) is 2. The quantitative estimate of drug-likeness (QED) is 0.590. The van der Waals surface area contributed by atoms with Crippen LogP contribution < -0.4 is 0 Å². The van der Waals surface area contributed by atoms with E-state index in [9.17, 15) is 0 Å². The molecular weight excluding hydrogens is 156 g/mol. The van der Waals surface area contributed by atoms with E-state index in [-0.39, 0.29) is 5.41 Å². The molecule has 0 amide bonds. The Morgan fingerprint density at radius 2 is 2.00 bits per heavy atom. The third-order valence-corrected chi connectivity index (χ3v) is 1.85. The summed E-state index contributed by atoms with van der Waals surface area (Å²) in [5, 5.41) is 4.32. The van der Waals surface area contributed by atoms with Crippen molar-refractivity contribution in [1.82, 2.24) is 9.78 Å². The maximum Gasteiger partial charge on any atom is 0.0810 e. The largest absolute Gasteiger partial charge is 0.274 e. The topological polar surface area (TPSA) is 17.8 Å². The van der Waals surface area contributed by atoms with Crippen molar-refractivity contribution in [2.24, 2.45) is 7.05 Å². The summed E-state index contributed by atoms with van der Waals surface area (Å²) in [5.74, 6) is 0. The number of rotatable bonds is 0. The van der Waals surface area contributed by atoms with E-state index in [1.54, 1.807) is 4.68 Å². The summed E-state index contributed by atoms with van der Waals surface area (Å²) >= 11 is 4.33. The molecule has 11 heavy (non-hydrogen) atoms. The molecule has 0 atom stereocenters. The summed E-state index contributed by atoms with van der Waals surface area (Å²) in [6, 6.07) is 0. The van der Waals surface area contributed by atoms with Crippen molar-refractivity contribution in [3.05, 3.63) is 11.9 Å². The summed E-state index contributed by atoms with van der Waals surface area (Å²) in [4.78, 5) is 0.972. The van der Waals surface area contributed by atoms with Gasteiger partial charge in [-0.3, -0.25) is 4.68 Å². The Bertz CT molecular complexity index is 258. The molecule has 0 unspecified atom stereocenters. The van der Waals surface area contributed by atoms with Crippen LogP contribution in [0.1, 0.15) is 26.5 Å². The molecule has 1 heterocycles. The van der Waals surface area contributed by atoms with E-state index in [1.807, 2.05) is 13.2 Å². The Kier molecular flexibility index (Phi) is 2.01. The molecule has 0 aliphatic rings. The second-order valence-corrected chi connectivity index (χ2v) is 4.27. The van der Waals surface area contributed by atoms with E-state index in [0.717, 1.165) is 10.6 Å². The highest BCUT2D eigenvalue weighted by Crippen LogP contribution is 2.25. The van der Waals surface area contributed by atoms with E-state index in [1.165, 1.54) is 0 Å². The SMILES string of the molecule is Cn1cc(S)c(C(C)(C)C)n1. The van der Waals surface area contributed by atoms with Gasteiger partial charge in [0.15, 0.2) is 0 Å². The van der Waals surface area contributed by atoms with Crippen LogP contribution in [-0.2, 0) is 12.5 Å². The van der Waals surface area contributed by atoms with Gasteiger partial charge in [0.25, 0.3) is 0 Å². The summed E-state index contributed by atoms with van der Waals surface area (Å²) < 4.78 is 1.79. The molecule has 0 bridgehead atoms. The lowest BCUT2D eigenvalue weighted by molar-refractivity contribution is 0.545. The summed E-state index contributed by atoms with van der Waals surface area (Å²) in [6.07, 6.45) is 1.92. The maximum absolute atomic E-state index is 4.33. The maximum atomic E-state index is 4.33. The minimum Gasteiger partial charge on any atom is -0.274 e. The summed E-state index contributed by atoms with van der Waals surface area (Å²) in [6.45, 7) is 6.40. The zero-order chi connectivity index (χ0) is 8.65. The van der Waals surface area contributed by atoms with Crippen LogP contribution in [0.3, 0.4) is 0 Å². The first kappa shape index (κ1) is 8.65. The lowest BCUT2D eigenvalue weighted by Crippen LogP contribution is -2.13. The highest BCUT2D eigenvalue weighted by atomic mass is 32.1. The molecule has 0 radical (unpaired) electrons. The van der Waals surface area contributed by atoms with Crippen LogP contribution in [0.5, 0.6) is 0 Å². The van der Waals surface area contributed by atoms with Gasteiger partial charge >= 0.3 is 0 Å². The van der Waals surface area contributed by atoms with Crippen LogP contribution in [0.15, 0.2) is 11.1 Å². The number of thiol groups is 1. The molecule has 3 heteroatoms. The predicted molar refractivity (Wildman–Crippen MR) is 49.2 cm³/mol. The lowest BCUT2D eigenvalue weighted by Gasteiger charge is -2.15. The summed E-state index contributed by atoms with van der Waals surface area (Å²) in [5.41, 5.74) is 1.15. The molecule has 0 aromatic carbocycles. The van der Waals surface area contributed by atoms with E-state index >= 15 is 0 Å². The molecule has 1 rings (SSSR count). The number of aryl methyl sites for hydroxylation is 1. The van der Waals surface area contributed by atoms with Crippen LogP contribution in [0.2, 0.25) is 0 Å². The fourth-order valence-electron chi connectivity index (χ4n) is 1.01. The molecule has 0 saturated carbocycles. The Balaban J connectivity index is 3.13. The highest BCUT2D eigenvalue weighted by molar-refractivity contribution is 7.80. The first-order valence-electron chi connectivity index (χ1n) is 3.64. The van der Waals surface area contributed by atoms with Crippen molar-refractivity contribution in [2.75, 3.05) is 0 Å². The van der Waals surface area contributed by atoms with Gasteiger partial charge in [-0.1, -0.05) is 20.8 Å². The molecule has 0 N–H and O–H groups in total. The van der Waals surface area contributed by atoms with Crippen molar-refractivity contribution >= 4 is 12.6 Å². The number of hydrogen-bond donors (Lipinski definition) is 1. The first-order valence-corrected chi connectivity index (χ1v) is 4.09. The fourth-order valence-corrected chi connectivity index (χ4v) is 1.56. The molecule has 2 nitrogen and oxygen atoms in total. The van der Waals surface area contributed by atoms with Crippen molar-refractivity contribution in [3.8, 4) is 0 Å². The van der Waals surface area contributed by atoms with Gasteiger partial charge in [0, 0.05) is 23.6 Å². The van der Waals surface area contributed by atoms with Gasteiger partial charge in [0.05, 0.1) is 5.69 Å². The van der Waals surface area contributed by atoms with Crippen molar-refractivity contribution in [1.29, 1.82) is 0 Å². The fraction of sp³-hybridized carbons (Fsp3) is 0.625. The van der Waals surface area contributed by atoms with E-state index in [4.69, 9.17) is 0 Å². The molecule has 62 valence electrons. The molecule has 0 saturated heterocycles. The average molecular weight is 170 g/mol. The van der Waals surface area contributed by atoms with Gasteiger partial charge in [-0.25, -0.2) is 0 Å². The smallest absolute Gasteiger partial charge is 0.0810 e. The Labute approximate surface area is 73.0 Å². The van der Waals surface area contributed by atoms with Gasteiger partial charge < -0.3 is 0 Å². The second-order valence-electron chi connectivity index (χ2n) is 3.79. The van der Waals surface area contributed by atoms with Gasteiger partial charge in [0.2, 0.25) is 0 Å². The van der Waals surface area contributed by atoms with E-state index < -0.39 is 0 Å². The van der Waals surface area contributed by atoms with Crippen LogP contribution in [0.4, 0.5) is 0 Å². The number of nitrogens with zero attached hydrogens (tertiary/aromatic N) is 2. The normalized spacial score (nSPS) is 12.1. The van der Waals surface area contributed by atoms with Gasteiger partial charge in [-0.05, 0) is 0 Å². The molecular formula is C8H14N2S. The molecule has 0 spiro atoms. The molecule has 0 aliphatic heterocycles. The zero-order valence-electron chi connectivity index (χ0n) is 7.42. The second kappa shape index (κ2) is 2.55. The monoisotopic (exact) mass is 170 g/mol. The van der Waals surface area contributed by atoms with Gasteiger partial charge in [-0.2, -0.15) is 5.10 Å². The number of aromatic nitrogens is 2. The molecule has 0 aliphatic carbocycles.